The number of fused-ring (bicyclic) bond motifs is 3. The Bertz CT molecular complexity index is 1500. The Morgan fingerprint density at radius 1 is 1.11 bits per heavy atom. The van der Waals surface area contributed by atoms with Gasteiger partial charge >= 0.3 is 5.97 Å². The Morgan fingerprint density at radius 2 is 1.84 bits per heavy atom. The molecule has 0 saturated carbocycles. The summed E-state index contributed by atoms with van der Waals surface area (Å²) >= 11 is 3.42. The third kappa shape index (κ3) is 3.72. The van der Waals surface area contributed by atoms with Crippen molar-refractivity contribution in [2.24, 2.45) is 5.41 Å². The van der Waals surface area contributed by atoms with Crippen LogP contribution >= 0.6 is 15.9 Å². The van der Waals surface area contributed by atoms with Gasteiger partial charge in [0.25, 0.3) is 5.69 Å². The van der Waals surface area contributed by atoms with Gasteiger partial charge in [0.1, 0.15) is 6.04 Å². The van der Waals surface area contributed by atoms with Gasteiger partial charge in [0.05, 0.1) is 24.1 Å². The lowest BCUT2D eigenvalue weighted by atomic mass is 9.68. The van der Waals surface area contributed by atoms with Gasteiger partial charge < -0.3 is 9.64 Å². The highest BCUT2D eigenvalue weighted by atomic mass is 79.9. The molecule has 4 atom stereocenters. The van der Waals surface area contributed by atoms with Crippen molar-refractivity contribution in [1.82, 2.24) is 0 Å². The van der Waals surface area contributed by atoms with Crippen molar-refractivity contribution in [3.63, 3.8) is 0 Å². The second kappa shape index (κ2) is 9.30. The van der Waals surface area contributed by atoms with Gasteiger partial charge in [-0.1, -0.05) is 70.5 Å². The lowest BCUT2D eigenvalue weighted by Crippen LogP contribution is -2.46. The van der Waals surface area contributed by atoms with E-state index < -0.39 is 40.1 Å². The number of nitriles is 1. The number of para-hydroxylation sites is 1. The van der Waals surface area contributed by atoms with Crippen LogP contribution in [0.4, 0.5) is 11.4 Å². The number of halogens is 1. The molecule has 184 valence electrons. The molecule has 8 nitrogen and oxygen atoms in total. The molecule has 5 rings (SSSR count). The van der Waals surface area contributed by atoms with Gasteiger partial charge in [0.2, 0.25) is 0 Å². The summed E-state index contributed by atoms with van der Waals surface area (Å²) in [5.74, 6) is -2.13. The van der Waals surface area contributed by atoms with Crippen LogP contribution in [0, 0.1) is 26.9 Å². The van der Waals surface area contributed by atoms with Crippen molar-refractivity contribution in [2.75, 3.05) is 12.0 Å². The molecule has 0 radical (unpaired) electrons. The first-order valence-electron chi connectivity index (χ1n) is 11.4. The van der Waals surface area contributed by atoms with Gasteiger partial charge in [-0.15, -0.1) is 0 Å². The van der Waals surface area contributed by atoms with Gasteiger partial charge in [0.15, 0.2) is 11.2 Å². The van der Waals surface area contributed by atoms with Gasteiger partial charge in [-0.3, -0.25) is 19.7 Å². The predicted molar refractivity (Wildman–Crippen MR) is 140 cm³/mol. The summed E-state index contributed by atoms with van der Waals surface area (Å²) in [5, 5.41) is 22.1. The highest BCUT2D eigenvalue weighted by Crippen LogP contribution is 2.56. The predicted octanol–water partition coefficient (Wildman–Crippen LogP) is 5.29. The van der Waals surface area contributed by atoms with Crippen LogP contribution in [0.2, 0.25) is 0 Å². The highest BCUT2D eigenvalue weighted by Gasteiger charge is 2.67. The lowest BCUT2D eigenvalue weighted by molar-refractivity contribution is -0.384. The van der Waals surface area contributed by atoms with Crippen LogP contribution in [0.5, 0.6) is 0 Å². The van der Waals surface area contributed by atoms with Gasteiger partial charge in [0, 0.05) is 33.8 Å². The quantitative estimate of drug-likeness (QED) is 0.181. The Hall–Kier alpha value is -4.29. The van der Waals surface area contributed by atoms with E-state index in [1.54, 1.807) is 35.2 Å². The van der Waals surface area contributed by atoms with Gasteiger partial charge in [-0.2, -0.15) is 5.26 Å². The Morgan fingerprint density at radius 3 is 2.51 bits per heavy atom. The van der Waals surface area contributed by atoms with E-state index in [0.717, 1.165) is 10.0 Å². The molecule has 0 aromatic heterocycles. The number of anilines is 1. The van der Waals surface area contributed by atoms with Crippen LogP contribution in [-0.4, -0.2) is 35.9 Å². The number of nitrogens with zero attached hydrogens (tertiary/aromatic N) is 3. The van der Waals surface area contributed by atoms with Crippen LogP contribution in [-0.2, 0) is 9.53 Å². The van der Waals surface area contributed by atoms with Crippen LogP contribution in [0.3, 0.4) is 0 Å². The van der Waals surface area contributed by atoms with Crippen molar-refractivity contribution in [3.8, 4) is 6.07 Å². The third-order valence-corrected chi connectivity index (χ3v) is 7.62. The Labute approximate surface area is 221 Å². The normalized spacial score (nSPS) is 23.5. The Kier molecular flexibility index (Phi) is 6.13. The molecule has 2 aliphatic rings. The molecule has 0 aliphatic carbocycles. The number of hydrogen-bond acceptors (Lipinski definition) is 7. The summed E-state index contributed by atoms with van der Waals surface area (Å²) in [5.41, 5.74) is 0.225. The zero-order valence-corrected chi connectivity index (χ0v) is 21.2. The van der Waals surface area contributed by atoms with E-state index in [1.807, 2.05) is 30.3 Å². The highest BCUT2D eigenvalue weighted by molar-refractivity contribution is 9.10. The number of rotatable bonds is 5. The minimum absolute atomic E-state index is 0.116. The van der Waals surface area contributed by atoms with Crippen LogP contribution in [0.15, 0.2) is 83.3 Å². The molecule has 0 N–H and O–H groups in total. The molecule has 2 aliphatic heterocycles. The number of benzene rings is 3. The first-order valence-corrected chi connectivity index (χ1v) is 12.2. The summed E-state index contributed by atoms with van der Waals surface area (Å²) in [6, 6.07) is 20.4. The number of ether oxygens (including phenoxy) is 1. The minimum Gasteiger partial charge on any atom is -0.468 e. The average Bonchev–Trinajstić information content (AvgIpc) is 3.24. The molecule has 3 aromatic carbocycles. The van der Waals surface area contributed by atoms with Crippen molar-refractivity contribution in [2.45, 2.75) is 18.0 Å². The molecule has 9 heteroatoms. The number of ketones is 1. The van der Waals surface area contributed by atoms with Gasteiger partial charge in [-0.25, -0.2) is 0 Å². The van der Waals surface area contributed by atoms with Crippen molar-refractivity contribution in [3.05, 3.63) is 110 Å². The van der Waals surface area contributed by atoms with Crippen molar-refractivity contribution in [1.29, 1.82) is 5.26 Å². The number of non-ortho nitro benzene ring substituents is 1. The maximum atomic E-state index is 14.3. The molecule has 1 fully saturated rings. The maximum Gasteiger partial charge on any atom is 0.329 e. The van der Waals surface area contributed by atoms with Crippen molar-refractivity contribution >= 4 is 45.1 Å². The van der Waals surface area contributed by atoms with E-state index in [-0.39, 0.29) is 11.3 Å². The van der Waals surface area contributed by atoms with Gasteiger partial charge in [-0.05, 0) is 29.3 Å². The van der Waals surface area contributed by atoms with Crippen LogP contribution in [0.1, 0.15) is 27.4 Å². The zero-order chi connectivity index (χ0) is 26.3. The molecule has 37 heavy (non-hydrogen) atoms. The molecular weight excluding hydrogens is 538 g/mol. The number of esters is 1. The molecule has 0 spiro atoms. The van der Waals surface area contributed by atoms with Crippen LogP contribution < -0.4 is 4.90 Å². The zero-order valence-electron chi connectivity index (χ0n) is 19.6. The molecule has 0 amide bonds. The molecule has 1 unspecified atom stereocenters. The Balaban J connectivity index is 1.81. The number of carbonyl (C=O) groups excluding carboxylic acids is 2. The summed E-state index contributed by atoms with van der Waals surface area (Å²) in [6.45, 7) is 0. The number of nitro benzene ring substituents is 1. The summed E-state index contributed by atoms with van der Waals surface area (Å²) < 4.78 is 5.98. The minimum atomic E-state index is -1.77. The SMILES string of the molecule is COC(=O)[C@@]1(C#N)C2C=Cc3ccccc3N2[C@H](C(=O)c2cccc([N+](=O)[O-])c2)[C@H]1c1ccc(Br)cc1. The van der Waals surface area contributed by atoms with Crippen molar-refractivity contribution < 1.29 is 19.2 Å². The fraction of sp³-hybridized carbons (Fsp3) is 0.179. The fourth-order valence-electron chi connectivity index (χ4n) is 5.52. The van der Waals surface area contributed by atoms with Crippen LogP contribution in [0.25, 0.3) is 6.08 Å². The first-order chi connectivity index (χ1) is 17.8. The molecule has 1 saturated heterocycles. The average molecular weight is 558 g/mol. The van der Waals surface area contributed by atoms with E-state index >= 15 is 0 Å². The monoisotopic (exact) mass is 557 g/mol. The van der Waals surface area contributed by atoms with E-state index in [2.05, 4.69) is 22.0 Å². The number of Topliss-reactive ketones (excluding diaryl/α,β-unsaturated/α-hetero) is 1. The van der Waals surface area contributed by atoms with E-state index in [1.165, 1.54) is 31.4 Å². The lowest BCUT2D eigenvalue weighted by Gasteiger charge is -2.36. The largest absolute Gasteiger partial charge is 0.468 e. The number of nitro groups is 1. The second-order valence-corrected chi connectivity index (χ2v) is 9.80. The topological polar surface area (TPSA) is 114 Å². The third-order valence-electron chi connectivity index (χ3n) is 7.09. The molecule has 3 aromatic rings. The molecular formula is C28H20BrN3O5. The first kappa shape index (κ1) is 24.4. The molecule has 2 heterocycles. The summed E-state index contributed by atoms with van der Waals surface area (Å²) in [6.07, 6.45) is 3.60. The fourth-order valence-corrected chi connectivity index (χ4v) is 5.79. The molecule has 0 bridgehead atoms. The number of methoxy groups -OCH3 is 1. The summed E-state index contributed by atoms with van der Waals surface area (Å²) in [4.78, 5) is 40.5. The van der Waals surface area contributed by atoms with E-state index in [4.69, 9.17) is 4.74 Å². The second-order valence-electron chi connectivity index (χ2n) is 8.89. The smallest absolute Gasteiger partial charge is 0.329 e. The standard InChI is InChI=1S/C28H20BrN3O5/c1-37-27(34)28(16-30)23-14-11-17-5-2-3-8-22(17)31(23)25(24(28)18-9-12-20(29)13-10-18)26(33)19-6-4-7-21(15-19)32(35)36/h2-15,23-25H,1H3/t23?,24-,25+,28+/m1/s1. The van der Waals surface area contributed by atoms with E-state index in [0.29, 0.717) is 11.3 Å². The number of carbonyl (C=O) groups is 2. The summed E-state index contributed by atoms with van der Waals surface area (Å²) in [7, 11) is 1.22. The van der Waals surface area contributed by atoms with E-state index in [9.17, 15) is 25.0 Å². The number of hydrogen-bond donors (Lipinski definition) is 0. The maximum absolute atomic E-state index is 14.3.